The van der Waals surface area contributed by atoms with E-state index in [0.717, 1.165) is 83.5 Å². The number of phosphoric acid groups is 1. The molecule has 11 heteroatoms. The Bertz CT molecular complexity index is 1240. The van der Waals surface area contributed by atoms with Gasteiger partial charge in [-0.15, -0.1) is 0 Å². The quantitative estimate of drug-likeness (QED) is 0.0236. The van der Waals surface area contributed by atoms with E-state index in [1.807, 2.05) is 12.2 Å². The molecule has 58 heavy (non-hydrogen) atoms. The maximum Gasteiger partial charge on any atom is 0.472 e. The molecule has 3 atom stereocenters. The average Bonchev–Trinajstić information content (AvgIpc) is 3.21. The highest BCUT2D eigenvalue weighted by molar-refractivity contribution is 7.47. The molecule has 10 nitrogen and oxygen atoms in total. The van der Waals surface area contributed by atoms with Crippen molar-refractivity contribution in [2.75, 3.05) is 26.4 Å². The molecule has 2 unspecified atom stereocenters. The third kappa shape index (κ3) is 41.3. The van der Waals surface area contributed by atoms with Crippen LogP contribution in [0.4, 0.5) is 0 Å². The summed E-state index contributed by atoms with van der Waals surface area (Å²) in [5, 5.41) is 18.3. The van der Waals surface area contributed by atoms with Gasteiger partial charge in [0.2, 0.25) is 0 Å². The number of aliphatic hydroxyl groups excluding tert-OH is 2. The predicted octanol–water partition coefficient (Wildman–Crippen LogP) is 11.8. The van der Waals surface area contributed by atoms with Crippen molar-refractivity contribution in [1.29, 1.82) is 0 Å². The first-order valence-corrected chi connectivity index (χ1v) is 23.5. The zero-order chi connectivity index (χ0) is 42.6. The monoisotopic (exact) mass is 835 g/mol. The molecule has 0 saturated carbocycles. The Morgan fingerprint density at radius 2 is 0.983 bits per heavy atom. The summed E-state index contributed by atoms with van der Waals surface area (Å²) >= 11 is 0. The fraction of sp³-hybridized carbons (Fsp3) is 0.660. The van der Waals surface area contributed by atoms with E-state index in [1.165, 1.54) is 38.5 Å². The van der Waals surface area contributed by atoms with Crippen LogP contribution in [0.2, 0.25) is 0 Å². The van der Waals surface area contributed by atoms with Crippen LogP contribution in [-0.2, 0) is 32.7 Å². The number of phosphoric ester groups is 1. The summed E-state index contributed by atoms with van der Waals surface area (Å²) in [6, 6.07) is 0. The smallest absolute Gasteiger partial charge is 0.462 e. The van der Waals surface area contributed by atoms with Gasteiger partial charge in [0, 0.05) is 12.8 Å². The van der Waals surface area contributed by atoms with Gasteiger partial charge < -0.3 is 24.6 Å². The fourth-order valence-electron chi connectivity index (χ4n) is 5.42. The van der Waals surface area contributed by atoms with E-state index in [-0.39, 0.29) is 19.4 Å². The topological polar surface area (TPSA) is 149 Å². The lowest BCUT2D eigenvalue weighted by molar-refractivity contribution is -0.161. The molecule has 0 heterocycles. The van der Waals surface area contributed by atoms with Crippen LogP contribution in [0.3, 0.4) is 0 Å². The van der Waals surface area contributed by atoms with Gasteiger partial charge in [-0.3, -0.25) is 18.6 Å². The number of unbranched alkanes of at least 4 members (excludes halogenated alkanes) is 12. The number of hydrogen-bond acceptors (Lipinski definition) is 9. The van der Waals surface area contributed by atoms with Crippen LogP contribution in [-0.4, -0.2) is 65.7 Å². The average molecular weight is 835 g/mol. The molecule has 0 spiro atoms. The molecule has 0 fully saturated rings. The molecule has 0 radical (unpaired) electrons. The second-order valence-corrected chi connectivity index (χ2v) is 15.8. The number of carbonyl (C=O) groups excluding carboxylic acids is 2. The normalized spacial score (nSPS) is 14.6. The molecule has 0 saturated heterocycles. The molecule has 0 aliphatic carbocycles. The molecule has 0 rings (SSSR count). The summed E-state index contributed by atoms with van der Waals surface area (Å²) in [5.41, 5.74) is 0. The van der Waals surface area contributed by atoms with Gasteiger partial charge in [0.15, 0.2) is 6.10 Å². The number of aliphatic hydroxyl groups is 2. The molecule has 3 N–H and O–H groups in total. The highest BCUT2D eigenvalue weighted by Crippen LogP contribution is 2.43. The summed E-state index contributed by atoms with van der Waals surface area (Å²) in [6.45, 7) is 2.15. The number of rotatable bonds is 40. The van der Waals surface area contributed by atoms with E-state index in [9.17, 15) is 24.2 Å². The molecule has 0 bridgehead atoms. The van der Waals surface area contributed by atoms with Crippen LogP contribution >= 0.6 is 7.82 Å². The van der Waals surface area contributed by atoms with Gasteiger partial charge in [-0.2, -0.15) is 0 Å². The van der Waals surface area contributed by atoms with Crippen molar-refractivity contribution in [1.82, 2.24) is 0 Å². The molecule has 332 valence electrons. The minimum absolute atomic E-state index is 0.0702. The van der Waals surface area contributed by atoms with Gasteiger partial charge in [-0.05, 0) is 77.0 Å². The Hall–Kier alpha value is -2.85. The van der Waals surface area contributed by atoms with Crippen molar-refractivity contribution in [3.63, 3.8) is 0 Å². The van der Waals surface area contributed by atoms with Crippen LogP contribution in [0.1, 0.15) is 162 Å². The first-order chi connectivity index (χ1) is 28.2. The Balaban J connectivity index is 4.34. The van der Waals surface area contributed by atoms with E-state index in [4.69, 9.17) is 19.1 Å². The van der Waals surface area contributed by atoms with E-state index < -0.39 is 51.8 Å². The van der Waals surface area contributed by atoms with Crippen molar-refractivity contribution in [2.45, 2.75) is 174 Å². The van der Waals surface area contributed by atoms with Crippen molar-refractivity contribution in [2.24, 2.45) is 0 Å². The Kier molecular flexibility index (Phi) is 40.2. The van der Waals surface area contributed by atoms with Crippen molar-refractivity contribution < 1.29 is 47.8 Å². The third-order valence-corrected chi connectivity index (χ3v) is 9.75. The van der Waals surface area contributed by atoms with Gasteiger partial charge >= 0.3 is 19.8 Å². The van der Waals surface area contributed by atoms with Crippen LogP contribution < -0.4 is 0 Å². The van der Waals surface area contributed by atoms with Crippen LogP contribution in [0, 0.1) is 0 Å². The molecule has 0 aromatic rings. The lowest BCUT2D eigenvalue weighted by atomic mass is 10.1. The maximum absolute atomic E-state index is 12.6. The lowest BCUT2D eigenvalue weighted by Gasteiger charge is -2.20. The minimum Gasteiger partial charge on any atom is -0.462 e. The summed E-state index contributed by atoms with van der Waals surface area (Å²) < 4.78 is 32.6. The van der Waals surface area contributed by atoms with Crippen molar-refractivity contribution in [3.05, 3.63) is 85.1 Å². The van der Waals surface area contributed by atoms with E-state index in [0.29, 0.717) is 12.8 Å². The second kappa shape index (κ2) is 42.3. The standard InChI is InChI=1S/C47H79O10P/c1-3-5-7-9-11-13-15-17-18-19-20-21-22-23-24-25-27-28-30-32-34-36-38-46(50)54-42-45(43-56-58(52,53)55-41-44(49)40-48)57-47(51)39-37-35-33-31-29-26-16-14-12-10-8-6-4-2/h5,7,11,13,17-18,20-21,23-24,26,29,33,35,44-45,48-49H,3-4,6,8-10,12,14-16,19,22,25,27-28,30-32,34,36-43H2,1-2H3,(H,52,53)/b7-5+,13-11+,18-17+,21-20+,24-23+,29-26+,35-33+/t44-,45?/m1/s1. The number of hydrogen-bond donors (Lipinski definition) is 3. The first-order valence-electron chi connectivity index (χ1n) is 22.0. The molecule has 0 aliphatic heterocycles. The van der Waals surface area contributed by atoms with Crippen molar-refractivity contribution >= 4 is 19.8 Å². The predicted molar refractivity (Wildman–Crippen MR) is 237 cm³/mol. The first kappa shape index (κ1) is 55.2. The highest BCUT2D eigenvalue weighted by Gasteiger charge is 2.27. The summed E-state index contributed by atoms with van der Waals surface area (Å²) in [4.78, 5) is 34.9. The number of carbonyl (C=O) groups is 2. The summed E-state index contributed by atoms with van der Waals surface area (Å²) in [7, 11) is -4.64. The molecule has 0 aliphatic rings. The van der Waals surface area contributed by atoms with Crippen molar-refractivity contribution in [3.8, 4) is 0 Å². The number of ether oxygens (including phenoxy) is 2. The van der Waals surface area contributed by atoms with E-state index >= 15 is 0 Å². The number of esters is 2. The van der Waals surface area contributed by atoms with E-state index in [2.05, 4.69) is 91.3 Å². The van der Waals surface area contributed by atoms with E-state index in [1.54, 1.807) is 0 Å². The Morgan fingerprint density at radius 1 is 0.534 bits per heavy atom. The molecule has 0 amide bonds. The molecular formula is C47H79O10P. The number of allylic oxidation sites excluding steroid dienone is 14. The molecule has 0 aromatic carbocycles. The van der Waals surface area contributed by atoms with Gasteiger partial charge in [0.1, 0.15) is 12.7 Å². The van der Waals surface area contributed by atoms with Gasteiger partial charge in [-0.1, -0.05) is 157 Å². The SMILES string of the molecule is CC/C=C/C/C=C/C/C=C/C/C=C/C/C=C/CCCCCCCCC(=O)OCC(COP(=O)(O)OC[C@H](O)CO)OC(=O)CC/C=C/C/C=C/CCCCCCCC. The van der Waals surface area contributed by atoms with Crippen LogP contribution in [0.15, 0.2) is 85.1 Å². The van der Waals surface area contributed by atoms with Gasteiger partial charge in [0.05, 0.1) is 19.8 Å². The van der Waals surface area contributed by atoms with Gasteiger partial charge in [0.25, 0.3) is 0 Å². The summed E-state index contributed by atoms with van der Waals surface area (Å²) in [5.74, 6) is -1.03. The third-order valence-electron chi connectivity index (χ3n) is 8.80. The van der Waals surface area contributed by atoms with Gasteiger partial charge in [-0.25, -0.2) is 4.57 Å². The minimum atomic E-state index is -4.64. The summed E-state index contributed by atoms with van der Waals surface area (Å²) in [6.07, 6.45) is 49.9. The van der Waals surface area contributed by atoms with Crippen LogP contribution in [0.5, 0.6) is 0 Å². The molecule has 0 aromatic heterocycles. The highest BCUT2D eigenvalue weighted by atomic mass is 31.2. The lowest BCUT2D eigenvalue weighted by Crippen LogP contribution is -2.29. The Morgan fingerprint density at radius 3 is 1.50 bits per heavy atom. The zero-order valence-electron chi connectivity index (χ0n) is 36.0. The Labute approximate surface area is 351 Å². The second-order valence-electron chi connectivity index (χ2n) is 14.3. The zero-order valence-corrected chi connectivity index (χ0v) is 36.9. The fourth-order valence-corrected chi connectivity index (χ4v) is 6.21. The largest absolute Gasteiger partial charge is 0.472 e. The van der Waals surface area contributed by atoms with Crippen LogP contribution in [0.25, 0.3) is 0 Å². The molecular weight excluding hydrogens is 755 g/mol. The maximum atomic E-state index is 12.6.